The van der Waals surface area contributed by atoms with Gasteiger partial charge in [-0.05, 0) is 18.2 Å². The number of nitrogens with one attached hydrogen (secondary N) is 3. The summed E-state index contributed by atoms with van der Waals surface area (Å²) in [7, 11) is 0. The normalized spacial score (nSPS) is 23.2. The predicted octanol–water partition coefficient (Wildman–Crippen LogP) is -0.0972. The summed E-state index contributed by atoms with van der Waals surface area (Å²) in [6.07, 6.45) is 3.22. The molecule has 2 unspecified atom stereocenters. The number of benzene rings is 1. The Morgan fingerprint density at radius 2 is 2.33 bits per heavy atom. The molecule has 2 aliphatic rings. The van der Waals surface area contributed by atoms with E-state index in [1.54, 1.807) is 35.5 Å². The van der Waals surface area contributed by atoms with Crippen LogP contribution in [-0.2, 0) is 9.59 Å². The summed E-state index contributed by atoms with van der Waals surface area (Å²) in [4.78, 5) is 24.2. The van der Waals surface area contributed by atoms with Gasteiger partial charge in [0.05, 0.1) is 17.6 Å². The third-order valence-corrected chi connectivity index (χ3v) is 3.50. The first-order valence-electron chi connectivity index (χ1n) is 6.49. The number of hydrogen-bond acceptors (Lipinski definition) is 5. The Morgan fingerprint density at radius 1 is 1.48 bits per heavy atom. The lowest BCUT2D eigenvalue weighted by molar-refractivity contribution is -0.130. The molecule has 106 valence electrons. The monoisotopic (exact) mass is 283 g/mol. The van der Waals surface area contributed by atoms with Gasteiger partial charge in [0.1, 0.15) is 6.04 Å². The molecule has 21 heavy (non-hydrogen) atoms. The number of fused-ring (bicyclic) bond motifs is 1. The molecule has 1 aromatic carbocycles. The quantitative estimate of drug-likeness (QED) is 0.704. The highest BCUT2D eigenvalue weighted by molar-refractivity contribution is 5.98. The van der Waals surface area contributed by atoms with Gasteiger partial charge in [-0.3, -0.25) is 9.59 Å². The van der Waals surface area contributed by atoms with Crippen molar-refractivity contribution in [1.82, 2.24) is 15.8 Å². The highest BCUT2D eigenvalue weighted by Gasteiger charge is 2.43. The molecule has 7 heteroatoms. The molecular weight excluding hydrogens is 270 g/mol. The first kappa shape index (κ1) is 13.1. The standard InChI is InChI=1S/C14H13N5O2/c15-7-9-2-1-3-10(6-9)18-13(20)11-8-17-19-5-4-16-14(21)12(11)19/h1-6,11-12,17H,8H2,(H,16,21)(H,18,20). The van der Waals surface area contributed by atoms with Crippen LogP contribution in [0.5, 0.6) is 0 Å². The minimum absolute atomic E-state index is 0.214. The van der Waals surface area contributed by atoms with Gasteiger partial charge in [0.15, 0.2) is 0 Å². The summed E-state index contributed by atoms with van der Waals surface area (Å²) in [5.74, 6) is -0.968. The Bertz CT molecular complexity index is 664. The lowest BCUT2D eigenvalue weighted by Gasteiger charge is -2.27. The molecule has 0 spiro atoms. The highest BCUT2D eigenvalue weighted by atomic mass is 16.2. The maximum atomic E-state index is 12.4. The Labute approximate surface area is 121 Å². The molecule has 1 saturated heterocycles. The predicted molar refractivity (Wildman–Crippen MR) is 74.2 cm³/mol. The molecule has 7 nitrogen and oxygen atoms in total. The van der Waals surface area contributed by atoms with Gasteiger partial charge in [0, 0.05) is 24.6 Å². The highest BCUT2D eigenvalue weighted by Crippen LogP contribution is 2.21. The van der Waals surface area contributed by atoms with Crippen molar-refractivity contribution >= 4 is 17.5 Å². The van der Waals surface area contributed by atoms with E-state index in [0.29, 0.717) is 17.8 Å². The van der Waals surface area contributed by atoms with Crippen LogP contribution in [0.15, 0.2) is 36.7 Å². The molecule has 2 aliphatic heterocycles. The van der Waals surface area contributed by atoms with Crippen molar-refractivity contribution in [2.24, 2.45) is 5.92 Å². The number of amides is 2. The lowest BCUT2D eigenvalue weighted by atomic mass is 9.99. The number of nitrogens with zero attached hydrogens (tertiary/aromatic N) is 2. The molecular formula is C14H13N5O2. The average Bonchev–Trinajstić information content (AvgIpc) is 2.93. The summed E-state index contributed by atoms with van der Waals surface area (Å²) in [5, 5.41) is 15.8. The zero-order valence-corrected chi connectivity index (χ0v) is 11.0. The number of anilines is 1. The lowest BCUT2D eigenvalue weighted by Crippen LogP contribution is -2.50. The van der Waals surface area contributed by atoms with Crippen molar-refractivity contribution < 1.29 is 9.59 Å². The zero-order valence-electron chi connectivity index (χ0n) is 11.0. The maximum absolute atomic E-state index is 12.4. The van der Waals surface area contributed by atoms with Crippen LogP contribution in [0.4, 0.5) is 5.69 Å². The smallest absolute Gasteiger partial charge is 0.249 e. The zero-order chi connectivity index (χ0) is 14.8. The molecule has 1 aromatic rings. The maximum Gasteiger partial charge on any atom is 0.249 e. The van der Waals surface area contributed by atoms with E-state index in [0.717, 1.165) is 0 Å². The molecule has 0 saturated carbocycles. The number of carbonyl (C=O) groups is 2. The molecule has 0 bridgehead atoms. The topological polar surface area (TPSA) is 97.3 Å². The molecule has 0 aromatic heterocycles. The Kier molecular flexibility index (Phi) is 3.30. The third-order valence-electron chi connectivity index (χ3n) is 3.50. The number of carbonyl (C=O) groups excluding carboxylic acids is 2. The van der Waals surface area contributed by atoms with E-state index < -0.39 is 12.0 Å². The first-order chi connectivity index (χ1) is 10.2. The number of rotatable bonds is 2. The van der Waals surface area contributed by atoms with Crippen LogP contribution in [0.25, 0.3) is 0 Å². The molecule has 3 N–H and O–H groups in total. The van der Waals surface area contributed by atoms with E-state index in [4.69, 9.17) is 5.26 Å². The summed E-state index contributed by atoms with van der Waals surface area (Å²) in [5.41, 5.74) is 4.02. The van der Waals surface area contributed by atoms with Crippen molar-refractivity contribution in [3.8, 4) is 6.07 Å². The van der Waals surface area contributed by atoms with Crippen molar-refractivity contribution in [2.75, 3.05) is 11.9 Å². The van der Waals surface area contributed by atoms with Crippen LogP contribution >= 0.6 is 0 Å². The van der Waals surface area contributed by atoms with Gasteiger partial charge < -0.3 is 15.6 Å². The van der Waals surface area contributed by atoms with Crippen LogP contribution in [0, 0.1) is 17.2 Å². The van der Waals surface area contributed by atoms with Gasteiger partial charge in [0.25, 0.3) is 0 Å². The Morgan fingerprint density at radius 3 is 3.14 bits per heavy atom. The fourth-order valence-corrected chi connectivity index (χ4v) is 2.48. The van der Waals surface area contributed by atoms with Gasteiger partial charge in [-0.1, -0.05) is 6.07 Å². The minimum atomic E-state index is -0.561. The van der Waals surface area contributed by atoms with Crippen molar-refractivity contribution in [1.29, 1.82) is 5.26 Å². The van der Waals surface area contributed by atoms with E-state index in [1.807, 2.05) is 6.07 Å². The van der Waals surface area contributed by atoms with Crippen molar-refractivity contribution in [3.63, 3.8) is 0 Å². The molecule has 2 heterocycles. The minimum Gasteiger partial charge on any atom is -0.329 e. The molecule has 2 atom stereocenters. The first-order valence-corrected chi connectivity index (χ1v) is 6.49. The summed E-state index contributed by atoms with van der Waals surface area (Å²) >= 11 is 0. The fourth-order valence-electron chi connectivity index (χ4n) is 2.48. The van der Waals surface area contributed by atoms with Gasteiger partial charge in [-0.2, -0.15) is 5.26 Å². The number of hydrazine groups is 1. The number of nitriles is 1. The summed E-state index contributed by atoms with van der Waals surface area (Å²) < 4.78 is 0. The molecule has 2 amide bonds. The third kappa shape index (κ3) is 2.44. The van der Waals surface area contributed by atoms with E-state index >= 15 is 0 Å². The van der Waals surface area contributed by atoms with Crippen LogP contribution in [0.1, 0.15) is 5.56 Å². The van der Waals surface area contributed by atoms with Gasteiger partial charge in [0.2, 0.25) is 11.8 Å². The molecule has 0 radical (unpaired) electrons. The second-order valence-electron chi connectivity index (χ2n) is 4.83. The molecule has 0 aliphatic carbocycles. The van der Waals surface area contributed by atoms with Crippen LogP contribution in [-0.4, -0.2) is 29.4 Å². The van der Waals surface area contributed by atoms with E-state index in [-0.39, 0.29) is 11.8 Å². The Hall–Kier alpha value is -2.85. The van der Waals surface area contributed by atoms with Crippen molar-refractivity contribution in [3.05, 3.63) is 42.2 Å². The van der Waals surface area contributed by atoms with Gasteiger partial charge in [-0.15, -0.1) is 0 Å². The van der Waals surface area contributed by atoms with Crippen LogP contribution < -0.4 is 16.1 Å². The largest absolute Gasteiger partial charge is 0.329 e. The fraction of sp³-hybridized carbons (Fsp3) is 0.214. The number of hydrogen-bond donors (Lipinski definition) is 3. The Balaban J connectivity index is 1.75. The van der Waals surface area contributed by atoms with Crippen LogP contribution in [0.3, 0.4) is 0 Å². The van der Waals surface area contributed by atoms with Crippen molar-refractivity contribution in [2.45, 2.75) is 6.04 Å². The second-order valence-corrected chi connectivity index (χ2v) is 4.83. The van der Waals surface area contributed by atoms with E-state index in [2.05, 4.69) is 16.1 Å². The van der Waals surface area contributed by atoms with Gasteiger partial charge >= 0.3 is 0 Å². The second kappa shape index (κ2) is 5.26. The SMILES string of the molecule is N#Cc1cccc(NC(=O)C2CNN3C=CNC(=O)C23)c1. The summed E-state index contributed by atoms with van der Waals surface area (Å²) in [6.45, 7) is 0.381. The van der Waals surface area contributed by atoms with Crippen LogP contribution in [0.2, 0.25) is 0 Å². The van der Waals surface area contributed by atoms with E-state index in [9.17, 15) is 9.59 Å². The van der Waals surface area contributed by atoms with E-state index in [1.165, 1.54) is 6.20 Å². The molecule has 3 rings (SSSR count). The summed E-state index contributed by atoms with van der Waals surface area (Å²) in [6, 6.07) is 8.12. The average molecular weight is 283 g/mol. The van der Waals surface area contributed by atoms with Gasteiger partial charge in [-0.25, -0.2) is 5.43 Å². The molecule has 1 fully saturated rings.